The average Bonchev–Trinajstić information content (AvgIpc) is 2.38. The van der Waals surface area contributed by atoms with Gasteiger partial charge < -0.3 is 15.2 Å². The summed E-state index contributed by atoms with van der Waals surface area (Å²) in [4.78, 5) is 22.9. The molecule has 1 amide bonds. The Bertz CT molecular complexity index is 471. The molecule has 0 aliphatic heterocycles. The van der Waals surface area contributed by atoms with Crippen LogP contribution in [0.2, 0.25) is 0 Å². The van der Waals surface area contributed by atoms with E-state index in [4.69, 9.17) is 9.84 Å². The van der Waals surface area contributed by atoms with Crippen molar-refractivity contribution in [3.8, 4) is 5.75 Å². The Morgan fingerprint density at radius 2 is 2.11 bits per heavy atom. The topological polar surface area (TPSA) is 75.6 Å². The van der Waals surface area contributed by atoms with E-state index in [1.165, 1.54) is 25.3 Å². The number of aromatic carboxylic acids is 1. The zero-order valence-corrected chi connectivity index (χ0v) is 11.4. The number of carboxylic acids is 1. The van der Waals surface area contributed by atoms with E-state index < -0.39 is 5.97 Å². The van der Waals surface area contributed by atoms with E-state index in [0.29, 0.717) is 11.4 Å². The molecule has 2 N–H and O–H groups in total. The van der Waals surface area contributed by atoms with E-state index in [-0.39, 0.29) is 17.4 Å². The van der Waals surface area contributed by atoms with Crippen LogP contribution in [-0.4, -0.2) is 24.1 Å². The first kappa shape index (κ1) is 15.0. The summed E-state index contributed by atoms with van der Waals surface area (Å²) in [7, 11) is 1.47. The molecule has 0 spiro atoms. The normalized spacial score (nSPS) is 11.7. The highest BCUT2D eigenvalue weighted by Gasteiger charge is 2.15. The lowest BCUT2D eigenvalue weighted by Gasteiger charge is -2.14. The Hall–Kier alpha value is -2.04. The van der Waals surface area contributed by atoms with E-state index in [9.17, 15) is 9.59 Å². The Balaban J connectivity index is 2.94. The standard InChI is InChI=1S/C14H19NO4/c1-4-5-9(2)13(16)15-11-8-10(14(17)18)6-7-12(11)19-3/h6-9H,4-5H2,1-3H3,(H,15,16)(H,17,18). The van der Waals surface area contributed by atoms with Crippen molar-refractivity contribution < 1.29 is 19.4 Å². The number of anilines is 1. The maximum Gasteiger partial charge on any atom is 0.335 e. The van der Waals surface area contributed by atoms with Gasteiger partial charge in [0.1, 0.15) is 5.75 Å². The molecule has 0 fully saturated rings. The minimum atomic E-state index is -1.04. The molecule has 19 heavy (non-hydrogen) atoms. The van der Waals surface area contributed by atoms with Gasteiger partial charge in [0.15, 0.2) is 0 Å². The van der Waals surface area contributed by atoms with Crippen molar-refractivity contribution in [1.29, 1.82) is 0 Å². The zero-order chi connectivity index (χ0) is 14.4. The van der Waals surface area contributed by atoms with Crippen molar-refractivity contribution in [2.75, 3.05) is 12.4 Å². The number of rotatable bonds is 6. The molecule has 0 aromatic heterocycles. The van der Waals surface area contributed by atoms with Crippen LogP contribution < -0.4 is 10.1 Å². The molecule has 0 aliphatic rings. The van der Waals surface area contributed by atoms with Crippen molar-refractivity contribution >= 4 is 17.6 Å². The van der Waals surface area contributed by atoms with E-state index >= 15 is 0 Å². The van der Waals surface area contributed by atoms with Crippen LogP contribution in [-0.2, 0) is 4.79 Å². The van der Waals surface area contributed by atoms with Crippen molar-refractivity contribution in [1.82, 2.24) is 0 Å². The molecule has 0 saturated carbocycles. The van der Waals surface area contributed by atoms with Gasteiger partial charge in [-0.15, -0.1) is 0 Å². The number of carboxylic acid groups (broad SMARTS) is 1. The molecule has 1 aromatic carbocycles. The summed E-state index contributed by atoms with van der Waals surface area (Å²) in [6.07, 6.45) is 1.70. The number of ether oxygens (including phenoxy) is 1. The number of amides is 1. The highest BCUT2D eigenvalue weighted by Crippen LogP contribution is 2.26. The molecule has 0 saturated heterocycles. The maximum atomic E-state index is 11.9. The SMILES string of the molecule is CCCC(C)C(=O)Nc1cc(C(=O)O)ccc1OC. The summed E-state index contributed by atoms with van der Waals surface area (Å²) >= 11 is 0. The summed E-state index contributed by atoms with van der Waals surface area (Å²) in [6.45, 7) is 3.85. The van der Waals surface area contributed by atoms with Gasteiger partial charge >= 0.3 is 5.97 Å². The van der Waals surface area contributed by atoms with Crippen LogP contribution in [0.1, 0.15) is 37.0 Å². The van der Waals surface area contributed by atoms with Crippen molar-refractivity contribution in [2.45, 2.75) is 26.7 Å². The first-order valence-corrected chi connectivity index (χ1v) is 6.21. The quantitative estimate of drug-likeness (QED) is 0.829. The second-order valence-corrected chi connectivity index (χ2v) is 4.40. The predicted molar refractivity (Wildman–Crippen MR) is 72.7 cm³/mol. The van der Waals surface area contributed by atoms with Crippen LogP contribution in [0.25, 0.3) is 0 Å². The van der Waals surface area contributed by atoms with E-state index in [0.717, 1.165) is 12.8 Å². The number of hydrogen-bond acceptors (Lipinski definition) is 3. The molecule has 0 aliphatic carbocycles. The number of nitrogens with one attached hydrogen (secondary N) is 1. The highest BCUT2D eigenvalue weighted by molar-refractivity contribution is 5.96. The summed E-state index contributed by atoms with van der Waals surface area (Å²) in [5, 5.41) is 11.7. The van der Waals surface area contributed by atoms with Crippen LogP contribution in [0.5, 0.6) is 5.75 Å². The van der Waals surface area contributed by atoms with Gasteiger partial charge in [0.2, 0.25) is 5.91 Å². The average molecular weight is 265 g/mol. The third kappa shape index (κ3) is 3.98. The number of carbonyl (C=O) groups excluding carboxylic acids is 1. The summed E-state index contributed by atoms with van der Waals surface area (Å²) < 4.78 is 5.11. The minimum absolute atomic E-state index is 0.110. The fourth-order valence-corrected chi connectivity index (χ4v) is 1.76. The molecule has 0 radical (unpaired) electrons. The molecule has 0 heterocycles. The van der Waals surface area contributed by atoms with Crippen LogP contribution in [0.15, 0.2) is 18.2 Å². The highest BCUT2D eigenvalue weighted by atomic mass is 16.5. The van der Waals surface area contributed by atoms with Crippen LogP contribution in [0, 0.1) is 5.92 Å². The number of methoxy groups -OCH3 is 1. The van der Waals surface area contributed by atoms with Gasteiger partial charge in [-0.1, -0.05) is 20.3 Å². The predicted octanol–water partition coefficient (Wildman–Crippen LogP) is 2.77. The largest absolute Gasteiger partial charge is 0.495 e. The summed E-state index contributed by atoms with van der Waals surface area (Å²) in [5.41, 5.74) is 0.495. The number of hydrogen-bond donors (Lipinski definition) is 2. The Morgan fingerprint density at radius 1 is 1.42 bits per heavy atom. The van der Waals surface area contributed by atoms with Gasteiger partial charge in [-0.3, -0.25) is 4.79 Å². The Kier molecular flexibility index (Phi) is 5.36. The van der Waals surface area contributed by atoms with Gasteiger partial charge in [-0.25, -0.2) is 4.79 Å². The molecule has 1 aromatic rings. The Morgan fingerprint density at radius 3 is 2.63 bits per heavy atom. The molecule has 104 valence electrons. The van der Waals surface area contributed by atoms with Crippen LogP contribution in [0.3, 0.4) is 0 Å². The monoisotopic (exact) mass is 265 g/mol. The van der Waals surface area contributed by atoms with Crippen LogP contribution in [0.4, 0.5) is 5.69 Å². The summed E-state index contributed by atoms with van der Waals surface area (Å²) in [6, 6.07) is 4.37. The summed E-state index contributed by atoms with van der Waals surface area (Å²) in [5.74, 6) is -0.854. The molecular formula is C14H19NO4. The van der Waals surface area contributed by atoms with E-state index in [1.807, 2.05) is 13.8 Å². The molecule has 5 heteroatoms. The lowest BCUT2D eigenvalue weighted by Crippen LogP contribution is -2.20. The molecule has 1 unspecified atom stereocenters. The molecule has 0 bridgehead atoms. The number of benzene rings is 1. The molecule has 1 atom stereocenters. The maximum absolute atomic E-state index is 11.9. The molecular weight excluding hydrogens is 246 g/mol. The minimum Gasteiger partial charge on any atom is -0.495 e. The van der Waals surface area contributed by atoms with Crippen molar-refractivity contribution in [2.24, 2.45) is 5.92 Å². The van der Waals surface area contributed by atoms with E-state index in [1.54, 1.807) is 0 Å². The van der Waals surface area contributed by atoms with Gasteiger partial charge in [0.25, 0.3) is 0 Å². The fraction of sp³-hybridized carbons (Fsp3) is 0.429. The molecule has 5 nitrogen and oxygen atoms in total. The van der Waals surface area contributed by atoms with Crippen LogP contribution >= 0.6 is 0 Å². The second-order valence-electron chi connectivity index (χ2n) is 4.40. The van der Waals surface area contributed by atoms with E-state index in [2.05, 4.69) is 5.32 Å². The second kappa shape index (κ2) is 6.78. The lowest BCUT2D eigenvalue weighted by atomic mass is 10.1. The van der Waals surface area contributed by atoms with Crippen molar-refractivity contribution in [3.05, 3.63) is 23.8 Å². The van der Waals surface area contributed by atoms with Gasteiger partial charge in [0.05, 0.1) is 18.4 Å². The third-order valence-corrected chi connectivity index (χ3v) is 2.87. The van der Waals surface area contributed by atoms with Gasteiger partial charge in [-0.05, 0) is 24.6 Å². The zero-order valence-electron chi connectivity index (χ0n) is 11.4. The van der Waals surface area contributed by atoms with Crippen molar-refractivity contribution in [3.63, 3.8) is 0 Å². The Labute approximate surface area is 112 Å². The first-order valence-electron chi connectivity index (χ1n) is 6.21. The molecule has 1 rings (SSSR count). The van der Waals surface area contributed by atoms with Gasteiger partial charge in [0, 0.05) is 5.92 Å². The smallest absolute Gasteiger partial charge is 0.335 e. The first-order chi connectivity index (χ1) is 8.99. The lowest BCUT2D eigenvalue weighted by molar-refractivity contribution is -0.119. The third-order valence-electron chi connectivity index (χ3n) is 2.87. The number of carbonyl (C=O) groups is 2. The van der Waals surface area contributed by atoms with Gasteiger partial charge in [-0.2, -0.15) is 0 Å². The fourth-order valence-electron chi connectivity index (χ4n) is 1.76.